The van der Waals surface area contributed by atoms with Gasteiger partial charge in [-0.3, -0.25) is 9.69 Å². The van der Waals surface area contributed by atoms with E-state index >= 15 is 0 Å². The number of carbonyl (C=O) groups excluding carboxylic acids is 1. The summed E-state index contributed by atoms with van der Waals surface area (Å²) >= 11 is 0. The van der Waals surface area contributed by atoms with Crippen LogP contribution in [0.3, 0.4) is 0 Å². The highest BCUT2D eigenvalue weighted by Crippen LogP contribution is 2.34. The van der Waals surface area contributed by atoms with Crippen LogP contribution in [0.2, 0.25) is 0 Å². The Morgan fingerprint density at radius 3 is 2.86 bits per heavy atom. The van der Waals surface area contributed by atoms with Gasteiger partial charge in [-0.1, -0.05) is 0 Å². The van der Waals surface area contributed by atoms with Crippen LogP contribution in [0.1, 0.15) is 25.0 Å². The van der Waals surface area contributed by atoms with Gasteiger partial charge in [-0.2, -0.15) is 0 Å². The molecular weight excluding hydrogens is 268 g/mol. The molecule has 2 heterocycles. The van der Waals surface area contributed by atoms with Crippen molar-refractivity contribution < 1.29 is 9.53 Å². The van der Waals surface area contributed by atoms with Gasteiger partial charge in [-0.25, -0.2) is 4.98 Å². The highest BCUT2D eigenvalue weighted by Gasteiger charge is 2.43. The molecule has 118 valence electrons. The van der Waals surface area contributed by atoms with Crippen molar-refractivity contribution in [1.82, 2.24) is 19.4 Å². The molecule has 1 saturated heterocycles. The molecule has 0 aromatic carbocycles. The first-order valence-electron chi connectivity index (χ1n) is 7.38. The third kappa shape index (κ3) is 3.44. The highest BCUT2D eigenvalue weighted by atomic mass is 16.5. The minimum atomic E-state index is -0.194. The van der Waals surface area contributed by atoms with E-state index in [1.54, 1.807) is 12.0 Å². The van der Waals surface area contributed by atoms with Crippen molar-refractivity contribution in [2.75, 3.05) is 34.4 Å². The first-order chi connectivity index (χ1) is 9.98. The number of aryl methyl sites for hydroxylation is 1. The average Bonchev–Trinajstić information content (AvgIpc) is 2.99. The van der Waals surface area contributed by atoms with Crippen molar-refractivity contribution in [2.45, 2.75) is 31.3 Å². The van der Waals surface area contributed by atoms with Crippen LogP contribution in [0.15, 0.2) is 12.5 Å². The molecule has 0 N–H and O–H groups in total. The van der Waals surface area contributed by atoms with Crippen LogP contribution in [-0.4, -0.2) is 65.2 Å². The van der Waals surface area contributed by atoms with E-state index < -0.39 is 0 Å². The van der Waals surface area contributed by atoms with E-state index in [2.05, 4.69) is 9.88 Å². The highest BCUT2D eigenvalue weighted by molar-refractivity contribution is 5.77. The lowest BCUT2D eigenvalue weighted by atomic mass is 9.92. The smallest absolute Gasteiger partial charge is 0.224 e. The van der Waals surface area contributed by atoms with Gasteiger partial charge in [0.25, 0.3) is 0 Å². The van der Waals surface area contributed by atoms with Gasteiger partial charge in [-0.05, 0) is 19.4 Å². The molecule has 6 heteroatoms. The van der Waals surface area contributed by atoms with E-state index in [0.717, 1.165) is 31.6 Å². The van der Waals surface area contributed by atoms with E-state index in [9.17, 15) is 4.79 Å². The number of methoxy groups -OCH3 is 1. The van der Waals surface area contributed by atoms with Crippen LogP contribution < -0.4 is 0 Å². The zero-order chi connectivity index (χ0) is 15.5. The fourth-order valence-electron chi connectivity index (χ4n) is 3.10. The van der Waals surface area contributed by atoms with Gasteiger partial charge < -0.3 is 14.2 Å². The zero-order valence-corrected chi connectivity index (χ0v) is 13.5. The Kier molecular flexibility index (Phi) is 5.00. The molecule has 1 unspecified atom stereocenters. The lowest BCUT2D eigenvalue weighted by molar-refractivity contribution is -0.132. The molecule has 1 aromatic heterocycles. The Balaban J connectivity index is 2.17. The third-order valence-corrected chi connectivity index (χ3v) is 4.40. The Morgan fingerprint density at radius 2 is 2.29 bits per heavy atom. The quantitative estimate of drug-likeness (QED) is 0.781. The minimum absolute atomic E-state index is 0.156. The van der Waals surface area contributed by atoms with Gasteiger partial charge in [-0.15, -0.1) is 0 Å². The first kappa shape index (κ1) is 16.0. The molecule has 1 fully saturated rings. The second-order valence-corrected chi connectivity index (χ2v) is 6.14. The van der Waals surface area contributed by atoms with E-state index in [1.165, 1.54) is 0 Å². The first-order valence-corrected chi connectivity index (χ1v) is 7.38. The topological polar surface area (TPSA) is 50.6 Å². The van der Waals surface area contributed by atoms with Crippen molar-refractivity contribution in [3.63, 3.8) is 0 Å². The van der Waals surface area contributed by atoms with E-state index in [-0.39, 0.29) is 11.4 Å². The molecular formula is C15H26N4O2. The number of aromatic nitrogens is 2. The van der Waals surface area contributed by atoms with Gasteiger partial charge in [0.05, 0.1) is 24.2 Å². The summed E-state index contributed by atoms with van der Waals surface area (Å²) in [5, 5.41) is 0. The number of imidazole rings is 1. The van der Waals surface area contributed by atoms with Crippen LogP contribution in [-0.2, 0) is 23.1 Å². The summed E-state index contributed by atoms with van der Waals surface area (Å²) in [6.45, 7) is 2.39. The van der Waals surface area contributed by atoms with Crippen LogP contribution in [0, 0.1) is 0 Å². The Bertz CT molecular complexity index is 486. The molecule has 0 saturated carbocycles. The predicted molar refractivity (Wildman–Crippen MR) is 80.8 cm³/mol. The van der Waals surface area contributed by atoms with Gasteiger partial charge in [0.1, 0.15) is 0 Å². The lowest BCUT2D eigenvalue weighted by Gasteiger charge is -2.38. The molecule has 1 aliphatic heterocycles. The molecule has 21 heavy (non-hydrogen) atoms. The molecule has 1 atom stereocenters. The predicted octanol–water partition coefficient (Wildman–Crippen LogP) is 0.879. The maximum atomic E-state index is 12.2. The molecule has 2 rings (SSSR count). The second kappa shape index (κ2) is 6.58. The largest absolute Gasteiger partial charge is 0.383 e. The van der Waals surface area contributed by atoms with Gasteiger partial charge in [0.2, 0.25) is 5.91 Å². The van der Waals surface area contributed by atoms with Gasteiger partial charge in [0, 0.05) is 47.4 Å². The van der Waals surface area contributed by atoms with Crippen LogP contribution >= 0.6 is 0 Å². The summed E-state index contributed by atoms with van der Waals surface area (Å²) in [5.41, 5.74) is 0.968. The van der Waals surface area contributed by atoms with Gasteiger partial charge in [0.15, 0.2) is 0 Å². The van der Waals surface area contributed by atoms with Crippen molar-refractivity contribution >= 4 is 5.91 Å². The lowest BCUT2D eigenvalue weighted by Crippen LogP contribution is -2.50. The molecule has 1 aromatic rings. The number of nitrogens with zero attached hydrogens (tertiary/aromatic N) is 4. The molecule has 0 radical (unpaired) electrons. The van der Waals surface area contributed by atoms with E-state index in [0.29, 0.717) is 13.0 Å². The van der Waals surface area contributed by atoms with E-state index in [1.807, 2.05) is 38.2 Å². The van der Waals surface area contributed by atoms with Crippen LogP contribution in [0.5, 0.6) is 0 Å². The number of amides is 1. The number of likely N-dealkylation sites (tertiary alicyclic amines) is 1. The minimum Gasteiger partial charge on any atom is -0.383 e. The number of ether oxygens (including phenoxy) is 1. The fraction of sp³-hybridized carbons (Fsp3) is 0.733. The number of rotatable bonds is 6. The fourth-order valence-corrected chi connectivity index (χ4v) is 3.10. The summed E-state index contributed by atoms with van der Waals surface area (Å²) in [7, 11) is 7.33. The maximum Gasteiger partial charge on any atom is 0.224 e. The Labute approximate surface area is 126 Å². The van der Waals surface area contributed by atoms with Crippen molar-refractivity contribution in [1.29, 1.82) is 0 Å². The number of carbonyl (C=O) groups is 1. The third-order valence-electron chi connectivity index (χ3n) is 4.40. The normalized spacial score (nSPS) is 22.7. The zero-order valence-electron chi connectivity index (χ0n) is 13.5. The Morgan fingerprint density at radius 1 is 1.52 bits per heavy atom. The maximum absolute atomic E-state index is 12.2. The van der Waals surface area contributed by atoms with Gasteiger partial charge >= 0.3 is 0 Å². The second-order valence-electron chi connectivity index (χ2n) is 6.14. The summed E-state index contributed by atoms with van der Waals surface area (Å²) in [5.74, 6) is 0.156. The van der Waals surface area contributed by atoms with Crippen molar-refractivity contribution in [3.8, 4) is 0 Å². The van der Waals surface area contributed by atoms with E-state index in [4.69, 9.17) is 4.74 Å². The summed E-state index contributed by atoms with van der Waals surface area (Å²) < 4.78 is 7.49. The SMILES string of the molecule is COCC1(CC(=O)N(C)C)CCCN1Cc1cncn1C. The molecule has 6 nitrogen and oxygen atoms in total. The standard InChI is InChI=1S/C15H26N4O2/c1-17(2)14(20)8-15(11-21-4)6-5-7-19(15)10-13-9-16-12-18(13)3/h9,12H,5-8,10-11H2,1-4H3. The number of hydrogen-bond donors (Lipinski definition) is 0. The summed E-state index contributed by atoms with van der Waals surface area (Å²) in [6.07, 6.45) is 6.31. The molecule has 0 aliphatic carbocycles. The van der Waals surface area contributed by atoms with Crippen LogP contribution in [0.25, 0.3) is 0 Å². The monoisotopic (exact) mass is 294 g/mol. The summed E-state index contributed by atoms with van der Waals surface area (Å²) in [4.78, 5) is 20.4. The molecule has 1 amide bonds. The molecule has 0 spiro atoms. The number of hydrogen-bond acceptors (Lipinski definition) is 4. The molecule has 0 bridgehead atoms. The Hall–Kier alpha value is -1.40. The van der Waals surface area contributed by atoms with Crippen molar-refractivity contribution in [2.24, 2.45) is 7.05 Å². The summed E-state index contributed by atoms with van der Waals surface area (Å²) in [6, 6.07) is 0. The van der Waals surface area contributed by atoms with Crippen LogP contribution in [0.4, 0.5) is 0 Å². The molecule has 1 aliphatic rings. The average molecular weight is 294 g/mol. The van der Waals surface area contributed by atoms with Crippen molar-refractivity contribution in [3.05, 3.63) is 18.2 Å².